The molecule has 23 heavy (non-hydrogen) atoms. The van der Waals surface area contributed by atoms with Crippen molar-refractivity contribution in [3.8, 4) is 11.5 Å². The molecule has 7 nitrogen and oxygen atoms in total. The van der Waals surface area contributed by atoms with Crippen molar-refractivity contribution in [3.63, 3.8) is 0 Å². The average molecular weight is 336 g/mol. The van der Waals surface area contributed by atoms with Crippen LogP contribution in [0.3, 0.4) is 0 Å². The summed E-state index contributed by atoms with van der Waals surface area (Å²) >= 11 is 1.30. The van der Waals surface area contributed by atoms with Crippen molar-refractivity contribution in [3.05, 3.63) is 24.0 Å². The van der Waals surface area contributed by atoms with E-state index in [0.717, 1.165) is 12.2 Å². The first-order valence-electron chi connectivity index (χ1n) is 7.18. The molecule has 2 rings (SSSR count). The van der Waals surface area contributed by atoms with Gasteiger partial charge in [-0.25, -0.2) is 4.98 Å². The zero-order chi connectivity index (χ0) is 16.8. The number of carbonyl (C=O) groups excluding carboxylic acids is 1. The number of methoxy groups -OCH3 is 2. The van der Waals surface area contributed by atoms with Crippen molar-refractivity contribution in [2.45, 2.75) is 30.7 Å². The summed E-state index contributed by atoms with van der Waals surface area (Å²) in [6, 6.07) is 5.23. The van der Waals surface area contributed by atoms with Gasteiger partial charge in [-0.15, -0.1) is 5.10 Å². The van der Waals surface area contributed by atoms with E-state index in [-0.39, 0.29) is 11.2 Å². The Morgan fingerprint density at radius 3 is 2.70 bits per heavy atom. The fourth-order valence-electron chi connectivity index (χ4n) is 1.86. The first kappa shape index (κ1) is 17.1. The van der Waals surface area contributed by atoms with Gasteiger partial charge in [-0.3, -0.25) is 9.89 Å². The highest BCUT2D eigenvalue weighted by Gasteiger charge is 2.17. The molecule has 2 aromatic rings. The number of aromatic amines is 1. The van der Waals surface area contributed by atoms with Crippen LogP contribution in [0.2, 0.25) is 0 Å². The Labute approximate surface area is 139 Å². The third-order valence-electron chi connectivity index (χ3n) is 3.15. The van der Waals surface area contributed by atoms with Crippen LogP contribution in [-0.4, -0.2) is 40.6 Å². The highest BCUT2D eigenvalue weighted by molar-refractivity contribution is 8.00. The van der Waals surface area contributed by atoms with E-state index in [1.807, 2.05) is 13.8 Å². The molecule has 1 atom stereocenters. The molecular weight excluding hydrogens is 316 g/mol. The Kier molecular flexibility index (Phi) is 5.86. The third kappa shape index (κ3) is 4.38. The summed E-state index contributed by atoms with van der Waals surface area (Å²) in [6.07, 6.45) is 0.778. The van der Waals surface area contributed by atoms with E-state index in [2.05, 4.69) is 20.5 Å². The van der Waals surface area contributed by atoms with Gasteiger partial charge >= 0.3 is 0 Å². The number of aryl methyl sites for hydroxylation is 1. The van der Waals surface area contributed by atoms with Crippen LogP contribution < -0.4 is 14.8 Å². The van der Waals surface area contributed by atoms with E-state index in [9.17, 15) is 4.79 Å². The molecule has 8 heteroatoms. The summed E-state index contributed by atoms with van der Waals surface area (Å²) in [4.78, 5) is 16.6. The van der Waals surface area contributed by atoms with Gasteiger partial charge in [0.2, 0.25) is 11.1 Å². The molecule has 0 unspecified atom stereocenters. The van der Waals surface area contributed by atoms with Crippen LogP contribution in [0.25, 0.3) is 0 Å². The number of hydrogen-bond acceptors (Lipinski definition) is 6. The predicted octanol–water partition coefficient (Wildman–Crippen LogP) is 2.50. The molecule has 1 amide bonds. The van der Waals surface area contributed by atoms with Crippen LogP contribution in [0.1, 0.15) is 19.7 Å². The Hall–Kier alpha value is -2.22. The van der Waals surface area contributed by atoms with Gasteiger partial charge in [-0.2, -0.15) is 0 Å². The van der Waals surface area contributed by atoms with Gasteiger partial charge in [0.15, 0.2) is 11.5 Å². The SMILES string of the molecule is CCc1nc(S[C@H](C)C(=O)Nc2ccc(OC)c(OC)c2)n[nH]1. The van der Waals surface area contributed by atoms with Crippen LogP contribution in [0.4, 0.5) is 5.69 Å². The number of ether oxygens (including phenoxy) is 2. The van der Waals surface area contributed by atoms with Crippen molar-refractivity contribution >= 4 is 23.4 Å². The molecule has 0 saturated carbocycles. The van der Waals surface area contributed by atoms with Crippen molar-refractivity contribution in [1.82, 2.24) is 15.2 Å². The zero-order valence-electron chi connectivity index (χ0n) is 13.5. The molecule has 0 bridgehead atoms. The van der Waals surface area contributed by atoms with E-state index in [0.29, 0.717) is 22.3 Å². The lowest BCUT2D eigenvalue weighted by Crippen LogP contribution is -2.22. The van der Waals surface area contributed by atoms with E-state index >= 15 is 0 Å². The summed E-state index contributed by atoms with van der Waals surface area (Å²) in [5, 5.41) is 9.99. The Morgan fingerprint density at radius 1 is 1.35 bits per heavy atom. The maximum Gasteiger partial charge on any atom is 0.237 e. The number of hydrogen-bond donors (Lipinski definition) is 2. The van der Waals surface area contributed by atoms with Gasteiger partial charge in [0.25, 0.3) is 0 Å². The number of nitrogens with zero attached hydrogens (tertiary/aromatic N) is 2. The second-order valence-electron chi connectivity index (χ2n) is 4.74. The Balaban J connectivity index is 2.00. The number of carbonyl (C=O) groups is 1. The molecule has 0 aliphatic heterocycles. The quantitative estimate of drug-likeness (QED) is 0.755. The lowest BCUT2D eigenvalue weighted by molar-refractivity contribution is -0.115. The number of anilines is 1. The molecule has 2 N–H and O–H groups in total. The molecule has 1 aromatic heterocycles. The van der Waals surface area contributed by atoms with E-state index in [1.165, 1.54) is 11.8 Å². The summed E-state index contributed by atoms with van der Waals surface area (Å²) in [7, 11) is 3.12. The van der Waals surface area contributed by atoms with E-state index in [1.54, 1.807) is 32.4 Å². The minimum atomic E-state index is -0.330. The van der Waals surface area contributed by atoms with Crippen LogP contribution in [0.5, 0.6) is 11.5 Å². The van der Waals surface area contributed by atoms with Crippen molar-refractivity contribution in [2.75, 3.05) is 19.5 Å². The predicted molar refractivity (Wildman–Crippen MR) is 89.3 cm³/mol. The maximum absolute atomic E-state index is 12.3. The van der Waals surface area contributed by atoms with E-state index in [4.69, 9.17) is 9.47 Å². The smallest absolute Gasteiger partial charge is 0.237 e. The normalized spacial score (nSPS) is 11.8. The largest absolute Gasteiger partial charge is 0.493 e. The number of amides is 1. The second kappa shape index (κ2) is 7.87. The van der Waals surface area contributed by atoms with Crippen molar-refractivity contribution in [1.29, 1.82) is 0 Å². The lowest BCUT2D eigenvalue weighted by atomic mass is 10.2. The van der Waals surface area contributed by atoms with Gasteiger partial charge in [0, 0.05) is 18.2 Å². The summed E-state index contributed by atoms with van der Waals surface area (Å²) < 4.78 is 10.4. The number of thioether (sulfide) groups is 1. The number of aromatic nitrogens is 3. The van der Waals surface area contributed by atoms with Crippen molar-refractivity contribution < 1.29 is 14.3 Å². The standard InChI is InChI=1S/C15H20N4O3S/c1-5-13-17-15(19-18-13)23-9(2)14(20)16-10-6-7-11(21-3)12(8-10)22-4/h6-9H,5H2,1-4H3,(H,16,20)(H,17,18,19)/t9-/m1/s1. The average Bonchev–Trinajstić information content (AvgIpc) is 3.02. The highest BCUT2D eigenvalue weighted by atomic mass is 32.2. The van der Waals surface area contributed by atoms with Gasteiger partial charge in [-0.05, 0) is 19.1 Å². The number of nitrogens with one attached hydrogen (secondary N) is 2. The fraction of sp³-hybridized carbons (Fsp3) is 0.400. The van der Waals surface area contributed by atoms with Crippen molar-refractivity contribution in [2.24, 2.45) is 0 Å². The molecule has 1 heterocycles. The Morgan fingerprint density at radius 2 is 2.09 bits per heavy atom. The number of benzene rings is 1. The molecule has 0 radical (unpaired) electrons. The molecule has 0 aliphatic carbocycles. The number of rotatable bonds is 7. The molecule has 1 aromatic carbocycles. The molecular formula is C15H20N4O3S. The van der Waals surface area contributed by atoms with Crippen LogP contribution in [0, 0.1) is 0 Å². The molecule has 0 aliphatic rings. The number of H-pyrrole nitrogens is 1. The molecule has 0 spiro atoms. The minimum Gasteiger partial charge on any atom is -0.493 e. The maximum atomic E-state index is 12.3. The third-order valence-corrected chi connectivity index (χ3v) is 4.11. The van der Waals surface area contributed by atoms with Crippen LogP contribution in [0.15, 0.2) is 23.4 Å². The topological polar surface area (TPSA) is 89.1 Å². The first-order chi connectivity index (χ1) is 11.1. The summed E-state index contributed by atoms with van der Waals surface area (Å²) in [6.45, 7) is 3.80. The zero-order valence-corrected chi connectivity index (χ0v) is 14.4. The van der Waals surface area contributed by atoms with Gasteiger partial charge < -0.3 is 14.8 Å². The molecule has 0 fully saturated rings. The van der Waals surface area contributed by atoms with E-state index < -0.39 is 0 Å². The summed E-state index contributed by atoms with van der Waals surface area (Å²) in [5.41, 5.74) is 0.643. The second-order valence-corrected chi connectivity index (χ2v) is 6.05. The lowest BCUT2D eigenvalue weighted by Gasteiger charge is -2.12. The molecule has 0 saturated heterocycles. The van der Waals surface area contributed by atoms with Gasteiger partial charge in [0.1, 0.15) is 5.82 Å². The van der Waals surface area contributed by atoms with Gasteiger partial charge in [-0.1, -0.05) is 18.7 Å². The Bertz CT molecular complexity index is 674. The monoisotopic (exact) mass is 336 g/mol. The minimum absolute atomic E-state index is 0.134. The van der Waals surface area contributed by atoms with Crippen LogP contribution in [-0.2, 0) is 11.2 Å². The van der Waals surface area contributed by atoms with Crippen LogP contribution >= 0.6 is 11.8 Å². The fourth-order valence-corrected chi connectivity index (χ4v) is 2.60. The first-order valence-corrected chi connectivity index (χ1v) is 8.06. The van der Waals surface area contributed by atoms with Gasteiger partial charge in [0.05, 0.1) is 19.5 Å². The summed E-state index contributed by atoms with van der Waals surface area (Å²) in [5.74, 6) is 1.85. The molecule has 124 valence electrons. The highest BCUT2D eigenvalue weighted by Crippen LogP contribution is 2.30.